The van der Waals surface area contributed by atoms with E-state index >= 15 is 0 Å². The summed E-state index contributed by atoms with van der Waals surface area (Å²) < 4.78 is 5.08. The molecule has 0 radical (unpaired) electrons. The Morgan fingerprint density at radius 3 is 2.73 bits per heavy atom. The first-order valence-electron chi connectivity index (χ1n) is 5.08. The summed E-state index contributed by atoms with van der Waals surface area (Å²) in [6.45, 7) is 4.42. The van der Waals surface area contributed by atoms with E-state index in [9.17, 15) is 4.79 Å². The molecule has 1 aromatic rings. The van der Waals surface area contributed by atoms with Crippen LogP contribution in [0.5, 0.6) is 0 Å². The molecule has 0 aliphatic carbocycles. The van der Waals surface area contributed by atoms with E-state index in [1.165, 1.54) is 0 Å². The summed E-state index contributed by atoms with van der Waals surface area (Å²) >= 11 is 5.85. The van der Waals surface area contributed by atoms with Gasteiger partial charge in [0.15, 0.2) is 0 Å². The van der Waals surface area contributed by atoms with Gasteiger partial charge in [-0.1, -0.05) is 24.9 Å². The molecule has 0 saturated heterocycles. The quantitative estimate of drug-likeness (QED) is 0.579. The molecule has 0 N–H and O–H groups in total. The Morgan fingerprint density at radius 1 is 1.40 bits per heavy atom. The van der Waals surface area contributed by atoms with Crippen LogP contribution >= 0.6 is 11.6 Å². The molecule has 0 spiro atoms. The maximum absolute atomic E-state index is 11.5. The second kappa shape index (κ2) is 5.76. The summed E-state index contributed by atoms with van der Waals surface area (Å²) in [5.74, 6) is -0.297. The first-order valence-corrected chi connectivity index (χ1v) is 5.45. The molecule has 0 saturated carbocycles. The third kappa shape index (κ3) is 3.92. The Kier molecular flexibility index (Phi) is 4.63. The van der Waals surface area contributed by atoms with Crippen molar-refractivity contribution in [1.29, 1.82) is 0 Å². The summed E-state index contributed by atoms with van der Waals surface area (Å²) in [6, 6.07) is 5.22. The summed E-state index contributed by atoms with van der Waals surface area (Å²) in [5.41, 5.74) is 1.49. The molecule has 0 bridgehead atoms. The summed E-state index contributed by atoms with van der Waals surface area (Å²) in [7, 11) is 0. The third-order valence-corrected chi connectivity index (χ3v) is 2.23. The van der Waals surface area contributed by atoms with Crippen LogP contribution in [0.15, 0.2) is 18.2 Å². The van der Waals surface area contributed by atoms with Gasteiger partial charge in [0, 0.05) is 5.02 Å². The number of hydrogen-bond acceptors (Lipinski definition) is 2. The highest BCUT2D eigenvalue weighted by Gasteiger charge is 2.07. The summed E-state index contributed by atoms with van der Waals surface area (Å²) in [4.78, 5) is 11.5. The van der Waals surface area contributed by atoms with Crippen LogP contribution in [-0.4, -0.2) is 12.6 Å². The highest BCUT2D eigenvalue weighted by molar-refractivity contribution is 6.31. The minimum absolute atomic E-state index is 0.297. The van der Waals surface area contributed by atoms with Gasteiger partial charge in [-0.2, -0.15) is 0 Å². The van der Waals surface area contributed by atoms with E-state index in [1.807, 2.05) is 13.0 Å². The molecule has 3 heteroatoms. The standard InChI is InChI=1S/C12H15ClO2/c1-3-4-5-15-12(14)10-6-9(2)7-11(13)8-10/h6-8H,3-5H2,1-2H3. The van der Waals surface area contributed by atoms with Crippen molar-refractivity contribution >= 4 is 17.6 Å². The lowest BCUT2D eigenvalue weighted by Crippen LogP contribution is -2.06. The first kappa shape index (κ1) is 12.1. The van der Waals surface area contributed by atoms with Crippen LogP contribution in [-0.2, 0) is 4.74 Å². The second-order valence-electron chi connectivity index (χ2n) is 3.51. The molecule has 2 nitrogen and oxygen atoms in total. The van der Waals surface area contributed by atoms with Crippen LogP contribution in [0.1, 0.15) is 35.7 Å². The van der Waals surface area contributed by atoms with Crippen molar-refractivity contribution in [3.63, 3.8) is 0 Å². The van der Waals surface area contributed by atoms with Crippen molar-refractivity contribution in [1.82, 2.24) is 0 Å². The maximum atomic E-state index is 11.5. The van der Waals surface area contributed by atoms with Crippen LogP contribution in [0.3, 0.4) is 0 Å². The van der Waals surface area contributed by atoms with Gasteiger partial charge in [-0.05, 0) is 37.1 Å². The Bertz CT molecular complexity index is 327. The van der Waals surface area contributed by atoms with E-state index in [-0.39, 0.29) is 5.97 Å². The average molecular weight is 227 g/mol. The van der Waals surface area contributed by atoms with E-state index < -0.39 is 0 Å². The van der Waals surface area contributed by atoms with Gasteiger partial charge in [-0.25, -0.2) is 4.79 Å². The van der Waals surface area contributed by atoms with Gasteiger partial charge >= 0.3 is 5.97 Å². The molecule has 1 aromatic carbocycles. The SMILES string of the molecule is CCCCOC(=O)c1cc(C)cc(Cl)c1. The smallest absolute Gasteiger partial charge is 0.338 e. The number of hydrogen-bond donors (Lipinski definition) is 0. The number of aryl methyl sites for hydroxylation is 1. The monoisotopic (exact) mass is 226 g/mol. The van der Waals surface area contributed by atoms with Gasteiger partial charge in [0.25, 0.3) is 0 Å². The lowest BCUT2D eigenvalue weighted by Gasteiger charge is -2.05. The molecule has 0 unspecified atom stereocenters. The largest absolute Gasteiger partial charge is 0.462 e. The fraction of sp³-hybridized carbons (Fsp3) is 0.417. The molecular formula is C12H15ClO2. The van der Waals surface area contributed by atoms with Gasteiger partial charge in [0.05, 0.1) is 12.2 Å². The van der Waals surface area contributed by atoms with Crippen LogP contribution in [0, 0.1) is 6.92 Å². The average Bonchev–Trinajstić information content (AvgIpc) is 2.16. The number of unbranched alkanes of at least 4 members (excludes halogenated alkanes) is 1. The van der Waals surface area contributed by atoms with Crippen molar-refractivity contribution in [2.24, 2.45) is 0 Å². The second-order valence-corrected chi connectivity index (χ2v) is 3.94. The zero-order chi connectivity index (χ0) is 11.3. The fourth-order valence-corrected chi connectivity index (χ4v) is 1.54. The summed E-state index contributed by atoms with van der Waals surface area (Å²) in [6.07, 6.45) is 1.91. The molecule has 0 aliphatic rings. The van der Waals surface area contributed by atoms with Gasteiger partial charge in [-0.15, -0.1) is 0 Å². The minimum Gasteiger partial charge on any atom is -0.462 e. The Morgan fingerprint density at radius 2 is 2.13 bits per heavy atom. The van der Waals surface area contributed by atoms with Crippen LogP contribution in [0.2, 0.25) is 5.02 Å². The van der Waals surface area contributed by atoms with Crippen molar-refractivity contribution in [2.45, 2.75) is 26.7 Å². The lowest BCUT2D eigenvalue weighted by molar-refractivity contribution is 0.0499. The number of benzene rings is 1. The highest BCUT2D eigenvalue weighted by atomic mass is 35.5. The molecule has 0 fully saturated rings. The highest BCUT2D eigenvalue weighted by Crippen LogP contribution is 2.15. The molecule has 0 aromatic heterocycles. The van der Waals surface area contributed by atoms with Crippen molar-refractivity contribution in [3.05, 3.63) is 34.3 Å². The molecule has 0 atom stereocenters. The van der Waals surface area contributed by atoms with Crippen molar-refractivity contribution in [3.8, 4) is 0 Å². The van der Waals surface area contributed by atoms with E-state index in [0.29, 0.717) is 17.2 Å². The van der Waals surface area contributed by atoms with Gasteiger partial charge in [-0.3, -0.25) is 0 Å². The number of carbonyl (C=O) groups is 1. The number of rotatable bonds is 4. The predicted octanol–water partition coefficient (Wildman–Crippen LogP) is 3.61. The summed E-state index contributed by atoms with van der Waals surface area (Å²) in [5, 5.41) is 0.567. The lowest BCUT2D eigenvalue weighted by atomic mass is 10.1. The normalized spacial score (nSPS) is 10.1. The maximum Gasteiger partial charge on any atom is 0.338 e. The molecule has 0 heterocycles. The van der Waals surface area contributed by atoms with E-state index in [1.54, 1.807) is 12.1 Å². The number of esters is 1. The topological polar surface area (TPSA) is 26.3 Å². The van der Waals surface area contributed by atoms with Crippen LogP contribution in [0.25, 0.3) is 0 Å². The Hall–Kier alpha value is -1.02. The first-order chi connectivity index (χ1) is 7.13. The van der Waals surface area contributed by atoms with Crippen molar-refractivity contribution < 1.29 is 9.53 Å². The third-order valence-electron chi connectivity index (χ3n) is 2.01. The van der Waals surface area contributed by atoms with Gasteiger partial charge in [0.2, 0.25) is 0 Å². The predicted molar refractivity (Wildman–Crippen MR) is 61.4 cm³/mol. The van der Waals surface area contributed by atoms with Gasteiger partial charge in [0.1, 0.15) is 0 Å². The number of halogens is 1. The van der Waals surface area contributed by atoms with Crippen molar-refractivity contribution in [2.75, 3.05) is 6.61 Å². The molecule has 0 aliphatic heterocycles. The zero-order valence-corrected chi connectivity index (χ0v) is 9.80. The van der Waals surface area contributed by atoms with Crippen LogP contribution < -0.4 is 0 Å². The number of carbonyl (C=O) groups excluding carboxylic acids is 1. The van der Waals surface area contributed by atoms with E-state index in [2.05, 4.69) is 6.92 Å². The van der Waals surface area contributed by atoms with Gasteiger partial charge < -0.3 is 4.74 Å². The van der Waals surface area contributed by atoms with E-state index in [0.717, 1.165) is 18.4 Å². The molecule has 1 rings (SSSR count). The Labute approximate surface area is 95.2 Å². The van der Waals surface area contributed by atoms with E-state index in [4.69, 9.17) is 16.3 Å². The molecule has 82 valence electrons. The molecular weight excluding hydrogens is 212 g/mol. The Balaban J connectivity index is 2.65. The molecule has 15 heavy (non-hydrogen) atoms. The minimum atomic E-state index is -0.297. The number of ether oxygens (including phenoxy) is 1. The fourth-order valence-electron chi connectivity index (χ4n) is 1.25. The van der Waals surface area contributed by atoms with Crippen LogP contribution in [0.4, 0.5) is 0 Å². The zero-order valence-electron chi connectivity index (χ0n) is 9.05. The molecule has 0 amide bonds.